The van der Waals surface area contributed by atoms with Crippen LogP contribution in [0.5, 0.6) is 0 Å². The molecule has 0 fully saturated rings. The lowest BCUT2D eigenvalue weighted by atomic mass is 10.1. The highest BCUT2D eigenvalue weighted by molar-refractivity contribution is 7.10. The Kier molecular flexibility index (Phi) is 4.65. The first-order chi connectivity index (χ1) is 7.97. The summed E-state index contributed by atoms with van der Waals surface area (Å²) in [5.41, 5.74) is 1.52. The van der Waals surface area contributed by atoms with Crippen LogP contribution in [0.25, 0.3) is 0 Å². The molecule has 17 heavy (non-hydrogen) atoms. The molecule has 0 radical (unpaired) electrons. The van der Waals surface area contributed by atoms with E-state index in [0.29, 0.717) is 5.56 Å². The van der Waals surface area contributed by atoms with E-state index >= 15 is 0 Å². The average Bonchev–Trinajstić information content (AvgIpc) is 2.60. The number of thiophene rings is 1. The standard InChI is InChI=1S/C11H15NO4S/c1-6-7(2)17-5-8(6)10(13)12-4-9(16-3)11(14)15/h5,9H,4H2,1-3H3,(H,12,13)(H,14,15). The molecule has 0 aliphatic carbocycles. The molecule has 5 nitrogen and oxygen atoms in total. The third-order valence-electron chi connectivity index (χ3n) is 2.54. The van der Waals surface area contributed by atoms with Gasteiger partial charge in [-0.3, -0.25) is 4.79 Å². The first-order valence-corrected chi connectivity index (χ1v) is 5.93. The lowest BCUT2D eigenvalue weighted by molar-refractivity contribution is -0.148. The molecule has 6 heteroatoms. The molecule has 1 unspecified atom stereocenters. The molecule has 0 aliphatic heterocycles. The fraction of sp³-hybridized carbons (Fsp3) is 0.455. The van der Waals surface area contributed by atoms with Crippen molar-refractivity contribution in [3.63, 3.8) is 0 Å². The average molecular weight is 257 g/mol. The molecule has 94 valence electrons. The van der Waals surface area contributed by atoms with Crippen molar-refractivity contribution in [1.29, 1.82) is 0 Å². The summed E-state index contributed by atoms with van der Waals surface area (Å²) >= 11 is 1.50. The van der Waals surface area contributed by atoms with Gasteiger partial charge < -0.3 is 15.2 Å². The predicted molar refractivity (Wildman–Crippen MR) is 64.6 cm³/mol. The Bertz CT molecular complexity index is 427. The second-order valence-electron chi connectivity index (χ2n) is 3.60. The largest absolute Gasteiger partial charge is 0.479 e. The maximum atomic E-state index is 11.8. The van der Waals surface area contributed by atoms with Crippen LogP contribution in [-0.4, -0.2) is 36.7 Å². The smallest absolute Gasteiger partial charge is 0.334 e. The fourth-order valence-electron chi connectivity index (χ4n) is 1.29. The zero-order valence-electron chi connectivity index (χ0n) is 9.94. The molecule has 1 heterocycles. The first kappa shape index (κ1) is 13.7. The Morgan fingerprint density at radius 3 is 2.59 bits per heavy atom. The number of aliphatic carboxylic acids is 1. The number of carbonyl (C=O) groups excluding carboxylic acids is 1. The van der Waals surface area contributed by atoms with Crippen LogP contribution in [0.2, 0.25) is 0 Å². The topological polar surface area (TPSA) is 75.6 Å². The molecule has 1 atom stereocenters. The second-order valence-corrected chi connectivity index (χ2v) is 4.69. The summed E-state index contributed by atoms with van der Waals surface area (Å²) in [6.07, 6.45) is -1.01. The van der Waals surface area contributed by atoms with E-state index in [1.165, 1.54) is 18.4 Å². The number of nitrogens with one attached hydrogen (secondary N) is 1. The summed E-state index contributed by atoms with van der Waals surface area (Å²) in [7, 11) is 1.30. The number of aryl methyl sites for hydroxylation is 1. The second kappa shape index (κ2) is 5.79. The van der Waals surface area contributed by atoms with Crippen LogP contribution in [0.1, 0.15) is 20.8 Å². The number of carboxylic acid groups (broad SMARTS) is 1. The molecule has 1 amide bonds. The SMILES string of the molecule is COC(CNC(=O)c1csc(C)c1C)C(=O)O. The lowest BCUT2D eigenvalue weighted by Gasteiger charge is -2.11. The minimum Gasteiger partial charge on any atom is -0.479 e. The first-order valence-electron chi connectivity index (χ1n) is 5.05. The highest BCUT2D eigenvalue weighted by Crippen LogP contribution is 2.20. The van der Waals surface area contributed by atoms with Crippen molar-refractivity contribution in [1.82, 2.24) is 5.32 Å². The van der Waals surface area contributed by atoms with E-state index in [1.54, 1.807) is 5.38 Å². The van der Waals surface area contributed by atoms with Gasteiger partial charge >= 0.3 is 5.97 Å². The summed E-state index contributed by atoms with van der Waals surface area (Å²) in [5.74, 6) is -1.36. The van der Waals surface area contributed by atoms with Crippen molar-refractivity contribution in [2.45, 2.75) is 20.0 Å². The fourth-order valence-corrected chi connectivity index (χ4v) is 2.15. The number of ether oxygens (including phenoxy) is 1. The number of carboxylic acids is 1. The highest BCUT2D eigenvalue weighted by atomic mass is 32.1. The zero-order chi connectivity index (χ0) is 13.0. The van der Waals surface area contributed by atoms with Crippen molar-refractivity contribution in [2.75, 3.05) is 13.7 Å². The van der Waals surface area contributed by atoms with Gasteiger partial charge in [-0.15, -0.1) is 11.3 Å². The van der Waals surface area contributed by atoms with Crippen molar-refractivity contribution in [2.24, 2.45) is 0 Å². The molecule has 0 aliphatic rings. The van der Waals surface area contributed by atoms with Crippen LogP contribution in [-0.2, 0) is 9.53 Å². The summed E-state index contributed by atoms with van der Waals surface area (Å²) in [6.45, 7) is 3.76. The monoisotopic (exact) mass is 257 g/mol. The molecule has 0 spiro atoms. The lowest BCUT2D eigenvalue weighted by Crippen LogP contribution is -2.37. The number of hydrogen-bond acceptors (Lipinski definition) is 4. The molecule has 2 N–H and O–H groups in total. The number of hydrogen-bond donors (Lipinski definition) is 2. The highest BCUT2D eigenvalue weighted by Gasteiger charge is 2.19. The van der Waals surface area contributed by atoms with E-state index in [0.717, 1.165) is 10.4 Å². The minimum atomic E-state index is -1.09. The summed E-state index contributed by atoms with van der Waals surface area (Å²) in [5, 5.41) is 13.1. The van der Waals surface area contributed by atoms with Gasteiger partial charge in [0.05, 0.1) is 12.1 Å². The van der Waals surface area contributed by atoms with Gasteiger partial charge in [-0.1, -0.05) is 0 Å². The quantitative estimate of drug-likeness (QED) is 0.831. The van der Waals surface area contributed by atoms with Gasteiger partial charge in [-0.05, 0) is 19.4 Å². The Labute approximate surface area is 103 Å². The van der Waals surface area contributed by atoms with E-state index < -0.39 is 12.1 Å². The van der Waals surface area contributed by atoms with Crippen molar-refractivity contribution in [3.05, 3.63) is 21.4 Å². The molecule has 0 aromatic carbocycles. The molecular weight excluding hydrogens is 242 g/mol. The number of carbonyl (C=O) groups is 2. The van der Waals surface area contributed by atoms with E-state index in [-0.39, 0.29) is 12.5 Å². The zero-order valence-corrected chi connectivity index (χ0v) is 10.8. The van der Waals surface area contributed by atoms with E-state index in [4.69, 9.17) is 9.84 Å². The van der Waals surface area contributed by atoms with Gasteiger partial charge in [0.15, 0.2) is 6.10 Å². The maximum absolute atomic E-state index is 11.8. The Morgan fingerprint density at radius 2 is 2.18 bits per heavy atom. The van der Waals surface area contributed by atoms with Crippen LogP contribution in [0.4, 0.5) is 0 Å². The minimum absolute atomic E-state index is 0.0427. The molecule has 0 saturated heterocycles. The normalized spacial score (nSPS) is 12.2. The van der Waals surface area contributed by atoms with E-state index in [2.05, 4.69) is 5.32 Å². The molecule has 1 aromatic rings. The van der Waals surface area contributed by atoms with Crippen LogP contribution < -0.4 is 5.32 Å². The number of rotatable bonds is 5. The Balaban J connectivity index is 2.61. The van der Waals surface area contributed by atoms with Crippen molar-refractivity contribution >= 4 is 23.2 Å². The van der Waals surface area contributed by atoms with Crippen molar-refractivity contribution in [3.8, 4) is 0 Å². The van der Waals surface area contributed by atoms with Crippen LogP contribution in [0.3, 0.4) is 0 Å². The Hall–Kier alpha value is -1.40. The van der Waals surface area contributed by atoms with E-state index in [9.17, 15) is 9.59 Å². The Morgan fingerprint density at radius 1 is 1.53 bits per heavy atom. The van der Waals surface area contributed by atoms with Crippen LogP contribution >= 0.6 is 11.3 Å². The van der Waals surface area contributed by atoms with Gasteiger partial charge in [0.2, 0.25) is 0 Å². The number of amides is 1. The maximum Gasteiger partial charge on any atom is 0.334 e. The third-order valence-corrected chi connectivity index (χ3v) is 3.55. The van der Waals surface area contributed by atoms with Gasteiger partial charge in [0, 0.05) is 17.4 Å². The van der Waals surface area contributed by atoms with Crippen molar-refractivity contribution < 1.29 is 19.4 Å². The summed E-state index contributed by atoms with van der Waals surface area (Å²) in [4.78, 5) is 23.5. The molecule has 1 rings (SSSR count). The number of methoxy groups -OCH3 is 1. The molecule has 0 bridgehead atoms. The predicted octanol–water partition coefficient (Wildman–Crippen LogP) is 1.19. The summed E-state index contributed by atoms with van der Waals surface area (Å²) in [6, 6.07) is 0. The molecular formula is C11H15NO4S. The summed E-state index contributed by atoms with van der Waals surface area (Å²) < 4.78 is 4.72. The van der Waals surface area contributed by atoms with E-state index in [1.807, 2.05) is 13.8 Å². The van der Waals surface area contributed by atoms with Crippen LogP contribution in [0.15, 0.2) is 5.38 Å². The van der Waals surface area contributed by atoms with Gasteiger partial charge in [-0.2, -0.15) is 0 Å². The van der Waals surface area contributed by atoms with Gasteiger partial charge in [0.25, 0.3) is 5.91 Å². The third kappa shape index (κ3) is 3.28. The molecule has 0 saturated carbocycles. The molecule has 1 aromatic heterocycles. The van der Waals surface area contributed by atoms with Gasteiger partial charge in [-0.25, -0.2) is 4.79 Å². The van der Waals surface area contributed by atoms with Gasteiger partial charge in [0.1, 0.15) is 0 Å². The van der Waals surface area contributed by atoms with Crippen LogP contribution in [0, 0.1) is 13.8 Å².